The summed E-state index contributed by atoms with van der Waals surface area (Å²) in [5.74, 6) is 8.56. The number of nitrogens with two attached hydrogens (primary N) is 1. The maximum atomic E-state index is 6.06. The van der Waals surface area contributed by atoms with Gasteiger partial charge in [-0.1, -0.05) is 39.3 Å². The average molecular weight is 494 g/mol. The summed E-state index contributed by atoms with van der Waals surface area (Å²) in [6, 6.07) is 14.7. The van der Waals surface area contributed by atoms with E-state index in [0.29, 0.717) is 39.3 Å². The highest BCUT2D eigenvalue weighted by atomic mass is 79.9. The summed E-state index contributed by atoms with van der Waals surface area (Å²) in [5, 5.41) is 17.5. The summed E-state index contributed by atoms with van der Waals surface area (Å²) in [6.07, 6.45) is 0. The molecule has 0 bridgehead atoms. The molecule has 2 N–H and O–H groups in total. The fourth-order valence-electron chi connectivity index (χ4n) is 2.33. The van der Waals surface area contributed by atoms with Crippen molar-refractivity contribution in [2.45, 2.75) is 17.5 Å². The number of nitrogens with zero attached hydrogens (tertiary/aromatic N) is 5. The Kier molecular flexibility index (Phi) is 6.02. The third kappa shape index (κ3) is 4.89. The van der Waals surface area contributed by atoms with Crippen LogP contribution in [0.5, 0.6) is 5.75 Å². The molecular weight excluding hydrogens is 480 g/mol. The third-order valence-electron chi connectivity index (χ3n) is 3.80. The SMILES string of the molecule is Nn1c(COc2ccc(Cl)cc2)nnc1SCc1nnc(-c2ccc(Br)cc2)o1. The summed E-state index contributed by atoms with van der Waals surface area (Å²) < 4.78 is 13.7. The third-order valence-corrected chi connectivity index (χ3v) is 5.51. The first-order valence-electron chi connectivity index (χ1n) is 8.37. The van der Waals surface area contributed by atoms with E-state index in [-0.39, 0.29) is 6.61 Å². The zero-order valence-electron chi connectivity index (χ0n) is 14.8. The number of nitrogen functional groups attached to an aromatic ring is 1. The second-order valence-corrected chi connectivity index (χ2v) is 8.10. The number of aromatic nitrogens is 5. The molecule has 0 saturated heterocycles. The Morgan fingerprint density at radius 2 is 1.79 bits per heavy atom. The predicted molar refractivity (Wildman–Crippen MR) is 113 cm³/mol. The highest BCUT2D eigenvalue weighted by molar-refractivity contribution is 9.10. The van der Waals surface area contributed by atoms with E-state index < -0.39 is 0 Å². The van der Waals surface area contributed by atoms with Crippen molar-refractivity contribution in [3.63, 3.8) is 0 Å². The lowest BCUT2D eigenvalue weighted by Crippen LogP contribution is -2.15. The molecule has 0 unspecified atom stereocenters. The molecule has 0 spiro atoms. The van der Waals surface area contributed by atoms with Crippen molar-refractivity contribution in [1.29, 1.82) is 0 Å². The van der Waals surface area contributed by atoms with Gasteiger partial charge in [0.25, 0.3) is 0 Å². The number of halogens is 2. The average Bonchev–Trinajstić information content (AvgIpc) is 3.33. The van der Waals surface area contributed by atoms with Gasteiger partial charge in [0.05, 0.1) is 5.75 Å². The molecule has 148 valence electrons. The van der Waals surface area contributed by atoms with Gasteiger partial charge in [-0.05, 0) is 48.5 Å². The summed E-state index contributed by atoms with van der Waals surface area (Å²) in [7, 11) is 0. The van der Waals surface area contributed by atoms with E-state index in [2.05, 4.69) is 36.3 Å². The molecule has 2 aromatic heterocycles. The zero-order chi connectivity index (χ0) is 20.2. The summed E-state index contributed by atoms with van der Waals surface area (Å²) in [5.41, 5.74) is 0.848. The Hall–Kier alpha value is -2.56. The van der Waals surface area contributed by atoms with E-state index in [0.717, 1.165) is 10.0 Å². The Morgan fingerprint density at radius 1 is 1.03 bits per heavy atom. The summed E-state index contributed by atoms with van der Waals surface area (Å²) >= 11 is 10.6. The molecule has 8 nitrogen and oxygen atoms in total. The van der Waals surface area contributed by atoms with Crippen LogP contribution < -0.4 is 10.6 Å². The van der Waals surface area contributed by atoms with Crippen LogP contribution in [0.2, 0.25) is 5.02 Å². The number of hydrogen-bond acceptors (Lipinski definition) is 8. The maximum absolute atomic E-state index is 6.06. The molecule has 29 heavy (non-hydrogen) atoms. The number of hydrogen-bond donors (Lipinski definition) is 1. The zero-order valence-corrected chi connectivity index (χ0v) is 18.0. The largest absolute Gasteiger partial charge is 0.486 e. The van der Waals surface area contributed by atoms with Crippen molar-refractivity contribution in [2.75, 3.05) is 5.84 Å². The van der Waals surface area contributed by atoms with Gasteiger partial charge in [-0.2, -0.15) is 0 Å². The quantitative estimate of drug-likeness (QED) is 0.300. The lowest BCUT2D eigenvalue weighted by atomic mass is 10.2. The Morgan fingerprint density at radius 3 is 2.55 bits per heavy atom. The van der Waals surface area contributed by atoms with Gasteiger partial charge in [-0.15, -0.1) is 20.4 Å². The van der Waals surface area contributed by atoms with Gasteiger partial charge >= 0.3 is 0 Å². The van der Waals surface area contributed by atoms with Gasteiger partial charge in [-0.25, -0.2) is 4.68 Å². The van der Waals surface area contributed by atoms with Gasteiger partial charge < -0.3 is 15.0 Å². The van der Waals surface area contributed by atoms with E-state index in [1.54, 1.807) is 24.3 Å². The van der Waals surface area contributed by atoms with Crippen LogP contribution >= 0.6 is 39.3 Å². The highest BCUT2D eigenvalue weighted by Crippen LogP contribution is 2.24. The molecule has 2 heterocycles. The Labute approximate surface area is 183 Å². The van der Waals surface area contributed by atoms with Crippen molar-refractivity contribution >= 4 is 39.3 Å². The van der Waals surface area contributed by atoms with Crippen LogP contribution in [0.3, 0.4) is 0 Å². The van der Waals surface area contributed by atoms with Crippen LogP contribution in [0.15, 0.2) is 62.6 Å². The molecule has 4 aromatic rings. The summed E-state index contributed by atoms with van der Waals surface area (Å²) in [6.45, 7) is 0.181. The first kappa shape index (κ1) is 19.7. The van der Waals surface area contributed by atoms with Gasteiger partial charge in [0.15, 0.2) is 5.82 Å². The molecule has 4 rings (SSSR count). The second kappa shape index (κ2) is 8.85. The molecule has 2 aromatic carbocycles. The van der Waals surface area contributed by atoms with Gasteiger partial charge in [0.1, 0.15) is 12.4 Å². The van der Waals surface area contributed by atoms with Gasteiger partial charge in [-0.3, -0.25) is 0 Å². The second-order valence-electron chi connectivity index (χ2n) is 5.81. The van der Waals surface area contributed by atoms with E-state index in [9.17, 15) is 0 Å². The van der Waals surface area contributed by atoms with Gasteiger partial charge in [0.2, 0.25) is 16.9 Å². The lowest BCUT2D eigenvalue weighted by Gasteiger charge is -2.06. The minimum absolute atomic E-state index is 0.181. The first-order chi connectivity index (χ1) is 14.1. The molecule has 0 radical (unpaired) electrons. The number of benzene rings is 2. The van der Waals surface area contributed by atoms with Gasteiger partial charge in [0, 0.05) is 15.1 Å². The molecule has 0 atom stereocenters. The Balaban J connectivity index is 1.35. The van der Waals surface area contributed by atoms with Crippen LogP contribution in [-0.2, 0) is 12.4 Å². The van der Waals surface area contributed by atoms with E-state index in [1.165, 1.54) is 16.4 Å². The Bertz CT molecular complexity index is 1100. The monoisotopic (exact) mass is 492 g/mol. The van der Waals surface area contributed by atoms with Crippen LogP contribution in [0.1, 0.15) is 11.7 Å². The normalized spacial score (nSPS) is 11.0. The molecule has 0 amide bonds. The lowest BCUT2D eigenvalue weighted by molar-refractivity contribution is 0.291. The van der Waals surface area contributed by atoms with Crippen LogP contribution in [0, 0.1) is 0 Å². The topological polar surface area (TPSA) is 105 Å². The van der Waals surface area contributed by atoms with Crippen LogP contribution in [-0.4, -0.2) is 25.1 Å². The summed E-state index contributed by atoms with van der Waals surface area (Å²) in [4.78, 5) is 0. The fourth-order valence-corrected chi connectivity index (χ4v) is 3.43. The molecule has 0 aliphatic carbocycles. The van der Waals surface area contributed by atoms with Crippen molar-refractivity contribution < 1.29 is 9.15 Å². The highest BCUT2D eigenvalue weighted by Gasteiger charge is 2.14. The number of thioether (sulfide) groups is 1. The van der Waals surface area contributed by atoms with E-state index in [4.69, 9.17) is 26.6 Å². The standard InChI is InChI=1S/C18H14BrClN6O2S/c19-12-3-1-11(2-4-12)17-24-23-16(28-17)10-29-18-25-22-15(26(18)21)9-27-14-7-5-13(20)6-8-14/h1-8H,9-10,21H2. The van der Waals surface area contributed by atoms with E-state index >= 15 is 0 Å². The number of ether oxygens (including phenoxy) is 1. The van der Waals surface area contributed by atoms with Crippen molar-refractivity contribution in [3.05, 3.63) is 69.7 Å². The minimum Gasteiger partial charge on any atom is -0.486 e. The smallest absolute Gasteiger partial charge is 0.247 e. The molecule has 0 saturated carbocycles. The maximum Gasteiger partial charge on any atom is 0.247 e. The minimum atomic E-state index is 0.181. The fraction of sp³-hybridized carbons (Fsp3) is 0.111. The molecular formula is C18H14BrClN6O2S. The number of rotatable bonds is 7. The first-order valence-corrected chi connectivity index (χ1v) is 10.5. The molecule has 0 fully saturated rings. The molecule has 0 aliphatic heterocycles. The van der Waals surface area contributed by atoms with Crippen molar-refractivity contribution in [3.8, 4) is 17.2 Å². The predicted octanol–water partition coefficient (Wildman–Crippen LogP) is 4.33. The molecule has 11 heteroatoms. The van der Waals surface area contributed by atoms with Crippen molar-refractivity contribution in [1.82, 2.24) is 25.1 Å². The molecule has 0 aliphatic rings. The van der Waals surface area contributed by atoms with Crippen LogP contribution in [0.25, 0.3) is 11.5 Å². The van der Waals surface area contributed by atoms with Crippen LogP contribution in [0.4, 0.5) is 0 Å². The van der Waals surface area contributed by atoms with Crippen molar-refractivity contribution in [2.24, 2.45) is 0 Å². The van der Waals surface area contributed by atoms with E-state index in [1.807, 2.05) is 24.3 Å².